The summed E-state index contributed by atoms with van der Waals surface area (Å²) in [6.45, 7) is 5.44. The van der Waals surface area contributed by atoms with E-state index in [1.807, 2.05) is 13.8 Å². The summed E-state index contributed by atoms with van der Waals surface area (Å²) in [5.74, 6) is -0.571. The first kappa shape index (κ1) is 14.9. The summed E-state index contributed by atoms with van der Waals surface area (Å²) in [5, 5.41) is 27.1. The molecular formula is C10H18N6O3. The molecule has 0 spiro atoms. The van der Waals surface area contributed by atoms with Crippen molar-refractivity contribution in [3.05, 3.63) is 5.82 Å². The zero-order valence-electron chi connectivity index (χ0n) is 11.0. The molecule has 1 heterocycles. The number of carbonyl (C=O) groups is 2. The van der Waals surface area contributed by atoms with E-state index in [1.54, 1.807) is 6.92 Å². The van der Waals surface area contributed by atoms with E-state index in [2.05, 4.69) is 31.3 Å². The van der Waals surface area contributed by atoms with Crippen molar-refractivity contribution in [2.24, 2.45) is 5.92 Å². The van der Waals surface area contributed by atoms with Crippen LogP contribution in [0.2, 0.25) is 0 Å². The maximum absolute atomic E-state index is 11.7. The van der Waals surface area contributed by atoms with Crippen molar-refractivity contribution in [2.75, 3.05) is 0 Å². The van der Waals surface area contributed by atoms with Gasteiger partial charge in [0.1, 0.15) is 6.04 Å². The van der Waals surface area contributed by atoms with E-state index in [-0.39, 0.29) is 5.92 Å². The van der Waals surface area contributed by atoms with Gasteiger partial charge in [0.25, 0.3) is 0 Å². The normalized spacial score (nSPS) is 13.9. The first-order valence-corrected chi connectivity index (χ1v) is 5.93. The molecule has 0 radical (unpaired) electrons. The van der Waals surface area contributed by atoms with Crippen LogP contribution in [-0.4, -0.2) is 43.8 Å². The average Bonchev–Trinajstić information content (AvgIpc) is 2.80. The van der Waals surface area contributed by atoms with Crippen LogP contribution < -0.4 is 10.6 Å². The van der Waals surface area contributed by atoms with Crippen LogP contribution in [0, 0.1) is 5.92 Å². The predicted octanol–water partition coefficient (Wildman–Crippen LogP) is 0.0592. The lowest BCUT2D eigenvalue weighted by Crippen LogP contribution is -2.47. The van der Waals surface area contributed by atoms with E-state index in [0.29, 0.717) is 12.2 Å². The van der Waals surface area contributed by atoms with Crippen LogP contribution in [0.3, 0.4) is 0 Å². The second kappa shape index (κ2) is 6.66. The number of rotatable bonds is 6. The van der Waals surface area contributed by atoms with Crippen LogP contribution in [0.15, 0.2) is 0 Å². The third kappa shape index (κ3) is 4.90. The molecule has 9 heteroatoms. The van der Waals surface area contributed by atoms with Crippen LogP contribution in [0.1, 0.15) is 39.1 Å². The highest BCUT2D eigenvalue weighted by molar-refractivity contribution is 5.82. The number of aliphatic carboxylic acids is 1. The third-order valence-electron chi connectivity index (χ3n) is 2.41. The zero-order valence-corrected chi connectivity index (χ0v) is 11.0. The fraction of sp³-hybridized carbons (Fsp3) is 0.700. The number of hydrogen-bond donors (Lipinski definition) is 4. The zero-order chi connectivity index (χ0) is 14.4. The highest BCUT2D eigenvalue weighted by atomic mass is 16.4. The number of tetrazole rings is 1. The van der Waals surface area contributed by atoms with Crippen molar-refractivity contribution in [3.63, 3.8) is 0 Å². The van der Waals surface area contributed by atoms with E-state index in [9.17, 15) is 9.59 Å². The number of aromatic nitrogens is 4. The molecule has 1 aromatic rings. The van der Waals surface area contributed by atoms with Crippen molar-refractivity contribution in [1.29, 1.82) is 0 Å². The molecule has 9 nitrogen and oxygen atoms in total. The van der Waals surface area contributed by atoms with Gasteiger partial charge in [-0.3, -0.25) is 0 Å². The second-order valence-electron chi connectivity index (χ2n) is 4.63. The number of urea groups is 1. The summed E-state index contributed by atoms with van der Waals surface area (Å²) in [5.41, 5.74) is 0. The predicted molar refractivity (Wildman–Crippen MR) is 65.1 cm³/mol. The highest BCUT2D eigenvalue weighted by Crippen LogP contribution is 2.06. The van der Waals surface area contributed by atoms with E-state index in [4.69, 9.17) is 5.11 Å². The maximum Gasteiger partial charge on any atom is 0.326 e. The highest BCUT2D eigenvalue weighted by Gasteiger charge is 2.22. The molecule has 0 aromatic carbocycles. The number of carbonyl (C=O) groups excluding carboxylic acids is 1. The number of aromatic amines is 1. The van der Waals surface area contributed by atoms with Crippen LogP contribution in [0.4, 0.5) is 4.79 Å². The Kier molecular flexibility index (Phi) is 5.22. The Labute approximate surface area is 110 Å². The van der Waals surface area contributed by atoms with Crippen molar-refractivity contribution in [1.82, 2.24) is 31.3 Å². The number of carboxylic acid groups (broad SMARTS) is 1. The van der Waals surface area contributed by atoms with Gasteiger partial charge in [0.15, 0.2) is 5.82 Å². The van der Waals surface area contributed by atoms with Crippen LogP contribution in [0.25, 0.3) is 0 Å². The molecule has 0 saturated carbocycles. The van der Waals surface area contributed by atoms with E-state index < -0.39 is 24.1 Å². The molecular weight excluding hydrogens is 252 g/mol. The topological polar surface area (TPSA) is 133 Å². The second-order valence-corrected chi connectivity index (χ2v) is 4.63. The maximum atomic E-state index is 11.7. The van der Waals surface area contributed by atoms with Gasteiger partial charge in [0.05, 0.1) is 6.04 Å². The van der Waals surface area contributed by atoms with Gasteiger partial charge in [-0.05, 0) is 19.3 Å². The van der Waals surface area contributed by atoms with E-state index in [1.165, 1.54) is 0 Å². The molecule has 19 heavy (non-hydrogen) atoms. The van der Waals surface area contributed by atoms with Crippen LogP contribution in [-0.2, 0) is 4.79 Å². The Morgan fingerprint density at radius 3 is 2.47 bits per heavy atom. The first-order valence-electron chi connectivity index (χ1n) is 5.93. The quantitative estimate of drug-likeness (QED) is 0.577. The molecule has 1 rings (SSSR count). The Hall–Kier alpha value is -2.19. The molecule has 0 aliphatic rings. The standard InChI is InChI=1S/C10H18N6O3/c1-5(2)4-7(9(17)18)12-10(19)11-6(3)8-13-15-16-14-8/h5-7H,4H2,1-3H3,(H,17,18)(H2,11,12,19)(H,13,14,15,16). The summed E-state index contributed by atoms with van der Waals surface area (Å²) in [6, 6.07) is -1.96. The summed E-state index contributed by atoms with van der Waals surface area (Å²) in [4.78, 5) is 22.7. The summed E-state index contributed by atoms with van der Waals surface area (Å²) in [6.07, 6.45) is 0.360. The number of nitrogens with one attached hydrogen (secondary N) is 3. The fourth-order valence-corrected chi connectivity index (χ4v) is 1.51. The molecule has 0 aliphatic carbocycles. The number of hydrogen-bond acceptors (Lipinski definition) is 5. The Balaban J connectivity index is 2.51. The van der Waals surface area contributed by atoms with E-state index in [0.717, 1.165) is 0 Å². The van der Waals surface area contributed by atoms with Crippen molar-refractivity contribution in [3.8, 4) is 0 Å². The van der Waals surface area contributed by atoms with Crippen LogP contribution >= 0.6 is 0 Å². The lowest BCUT2D eigenvalue weighted by molar-refractivity contribution is -0.139. The average molecular weight is 270 g/mol. The first-order chi connectivity index (χ1) is 8.90. The molecule has 2 atom stereocenters. The molecule has 0 bridgehead atoms. The van der Waals surface area contributed by atoms with Gasteiger partial charge in [-0.2, -0.15) is 5.21 Å². The van der Waals surface area contributed by atoms with Gasteiger partial charge >= 0.3 is 12.0 Å². The summed E-state index contributed by atoms with van der Waals surface area (Å²) < 4.78 is 0. The van der Waals surface area contributed by atoms with Gasteiger partial charge in [-0.1, -0.05) is 19.1 Å². The molecule has 106 valence electrons. The number of carboxylic acids is 1. The Morgan fingerprint density at radius 1 is 1.32 bits per heavy atom. The minimum absolute atomic E-state index is 0.163. The monoisotopic (exact) mass is 270 g/mol. The summed E-state index contributed by atoms with van der Waals surface area (Å²) in [7, 11) is 0. The molecule has 4 N–H and O–H groups in total. The van der Waals surface area contributed by atoms with Gasteiger partial charge in [0, 0.05) is 0 Å². The van der Waals surface area contributed by atoms with Crippen LogP contribution in [0.5, 0.6) is 0 Å². The van der Waals surface area contributed by atoms with Crippen molar-refractivity contribution in [2.45, 2.75) is 39.3 Å². The lowest BCUT2D eigenvalue weighted by atomic mass is 10.0. The number of H-pyrrole nitrogens is 1. The van der Waals surface area contributed by atoms with Gasteiger partial charge < -0.3 is 15.7 Å². The molecule has 0 fully saturated rings. The third-order valence-corrected chi connectivity index (χ3v) is 2.41. The lowest BCUT2D eigenvalue weighted by Gasteiger charge is -2.18. The molecule has 2 amide bonds. The molecule has 2 unspecified atom stereocenters. The van der Waals surface area contributed by atoms with Gasteiger partial charge in [0.2, 0.25) is 0 Å². The molecule has 0 saturated heterocycles. The van der Waals surface area contributed by atoms with Gasteiger partial charge in [-0.25, -0.2) is 9.59 Å². The molecule has 0 aliphatic heterocycles. The Bertz CT molecular complexity index is 419. The number of amides is 2. The molecule has 1 aromatic heterocycles. The minimum atomic E-state index is -1.06. The largest absolute Gasteiger partial charge is 0.480 e. The SMILES string of the molecule is CC(C)CC(NC(=O)NC(C)c1nn[nH]n1)C(=O)O. The smallest absolute Gasteiger partial charge is 0.326 e. The Morgan fingerprint density at radius 2 is 2.00 bits per heavy atom. The number of nitrogens with zero attached hydrogens (tertiary/aromatic N) is 3. The van der Waals surface area contributed by atoms with Crippen molar-refractivity contribution < 1.29 is 14.7 Å². The summed E-state index contributed by atoms with van der Waals surface area (Å²) >= 11 is 0. The van der Waals surface area contributed by atoms with Gasteiger partial charge in [-0.15, -0.1) is 10.2 Å². The minimum Gasteiger partial charge on any atom is -0.480 e. The fourth-order valence-electron chi connectivity index (χ4n) is 1.51. The van der Waals surface area contributed by atoms with Crippen molar-refractivity contribution >= 4 is 12.0 Å². The van der Waals surface area contributed by atoms with E-state index >= 15 is 0 Å².